The molecule has 2 nitrogen and oxygen atoms in total. The van der Waals surface area contributed by atoms with Gasteiger partial charge in [-0.3, -0.25) is 0 Å². The summed E-state index contributed by atoms with van der Waals surface area (Å²) in [4.78, 5) is 2.90. The van der Waals surface area contributed by atoms with E-state index in [1.165, 1.54) is 0 Å². The van der Waals surface area contributed by atoms with Crippen LogP contribution in [0.25, 0.3) is 0 Å². The summed E-state index contributed by atoms with van der Waals surface area (Å²) in [5.41, 5.74) is 0.971. The number of alkyl halides is 1. The fraction of sp³-hybridized carbons (Fsp3) is 0.500. The molecule has 0 aliphatic heterocycles. The second kappa shape index (κ2) is 2.96. The zero-order chi connectivity index (χ0) is 7.56. The summed E-state index contributed by atoms with van der Waals surface area (Å²) in [5.74, 6) is 0. The molecule has 1 heterocycles. The van der Waals surface area contributed by atoms with Crippen LogP contribution in [0.3, 0.4) is 0 Å². The van der Waals surface area contributed by atoms with Gasteiger partial charge >= 0.3 is 0 Å². The Morgan fingerprint density at radius 2 is 2.50 bits per heavy atom. The van der Waals surface area contributed by atoms with Crippen LogP contribution in [0.5, 0.6) is 0 Å². The van der Waals surface area contributed by atoms with E-state index in [0.717, 1.165) is 5.69 Å². The van der Waals surface area contributed by atoms with Gasteiger partial charge in [0.15, 0.2) is 4.77 Å². The summed E-state index contributed by atoms with van der Waals surface area (Å²) in [5, 5.41) is 0. The van der Waals surface area contributed by atoms with E-state index in [4.69, 9.17) is 12.2 Å². The molecule has 1 rings (SSSR count). The quantitative estimate of drug-likeness (QED) is 0.654. The number of nitrogens with one attached hydrogen (secondary N) is 1. The Bertz CT molecular complexity index is 263. The van der Waals surface area contributed by atoms with Crippen LogP contribution in [0.4, 0.5) is 4.39 Å². The summed E-state index contributed by atoms with van der Waals surface area (Å²) in [6.45, 7) is 1.87. The van der Waals surface area contributed by atoms with Crippen LogP contribution in [0.2, 0.25) is 0 Å². The molecule has 0 aliphatic carbocycles. The largest absolute Gasteiger partial charge is 0.335 e. The van der Waals surface area contributed by atoms with E-state index in [0.29, 0.717) is 11.3 Å². The van der Waals surface area contributed by atoms with Crippen molar-refractivity contribution < 1.29 is 4.39 Å². The summed E-state index contributed by atoms with van der Waals surface area (Å²) in [6.07, 6.45) is 1.81. The second-order valence-corrected chi connectivity index (χ2v) is 2.51. The van der Waals surface area contributed by atoms with Gasteiger partial charge in [0.2, 0.25) is 0 Å². The highest BCUT2D eigenvalue weighted by atomic mass is 32.1. The fourth-order valence-electron chi connectivity index (χ4n) is 0.822. The van der Waals surface area contributed by atoms with Crippen molar-refractivity contribution in [3.63, 3.8) is 0 Å². The number of aromatic nitrogens is 2. The van der Waals surface area contributed by atoms with Crippen LogP contribution in [-0.2, 0) is 6.54 Å². The Morgan fingerprint density at radius 3 is 2.90 bits per heavy atom. The highest BCUT2D eigenvalue weighted by Crippen LogP contribution is 1.96. The third kappa shape index (κ3) is 1.44. The molecule has 0 saturated heterocycles. The van der Waals surface area contributed by atoms with Gasteiger partial charge in [0.25, 0.3) is 0 Å². The SMILES string of the molecule is Cc1cn(CCF)c(=S)[nH]1. The first-order valence-corrected chi connectivity index (χ1v) is 3.47. The maximum atomic E-state index is 11.8. The van der Waals surface area contributed by atoms with Crippen LogP contribution in [-0.4, -0.2) is 16.2 Å². The van der Waals surface area contributed by atoms with E-state index in [9.17, 15) is 4.39 Å². The van der Waals surface area contributed by atoms with Crippen molar-refractivity contribution >= 4 is 12.2 Å². The molecule has 0 fully saturated rings. The molecule has 0 unspecified atom stereocenters. The van der Waals surface area contributed by atoms with Crippen LogP contribution in [0.1, 0.15) is 5.69 Å². The van der Waals surface area contributed by atoms with Crippen molar-refractivity contribution in [2.75, 3.05) is 6.67 Å². The lowest BCUT2D eigenvalue weighted by Crippen LogP contribution is -1.96. The lowest BCUT2D eigenvalue weighted by atomic mass is 10.5. The van der Waals surface area contributed by atoms with Crippen LogP contribution in [0.15, 0.2) is 6.20 Å². The zero-order valence-electron chi connectivity index (χ0n) is 5.72. The molecule has 0 aromatic carbocycles. The molecule has 0 amide bonds. The van der Waals surface area contributed by atoms with Gasteiger partial charge in [-0.2, -0.15) is 0 Å². The second-order valence-electron chi connectivity index (χ2n) is 2.12. The third-order valence-corrected chi connectivity index (χ3v) is 1.58. The maximum absolute atomic E-state index is 11.8. The van der Waals surface area contributed by atoms with Crippen LogP contribution in [0, 0.1) is 11.7 Å². The Hall–Kier alpha value is -0.640. The predicted molar refractivity (Wildman–Crippen MR) is 40.3 cm³/mol. The van der Waals surface area contributed by atoms with Gasteiger partial charge in [0, 0.05) is 11.9 Å². The van der Waals surface area contributed by atoms with E-state index in [1.807, 2.05) is 13.1 Å². The number of halogens is 1. The highest BCUT2D eigenvalue weighted by Gasteiger charge is 1.93. The number of aryl methyl sites for hydroxylation is 2. The number of rotatable bonds is 2. The van der Waals surface area contributed by atoms with Crippen molar-refractivity contribution in [3.8, 4) is 0 Å². The van der Waals surface area contributed by atoms with Gasteiger partial charge in [-0.05, 0) is 19.1 Å². The van der Waals surface area contributed by atoms with E-state index >= 15 is 0 Å². The van der Waals surface area contributed by atoms with Gasteiger partial charge in [0.05, 0.1) is 6.54 Å². The van der Waals surface area contributed by atoms with E-state index < -0.39 is 0 Å². The topological polar surface area (TPSA) is 20.7 Å². The Balaban J connectivity index is 2.92. The molecule has 10 heavy (non-hydrogen) atoms. The first-order chi connectivity index (χ1) is 4.74. The molecular weight excluding hydrogens is 151 g/mol. The summed E-state index contributed by atoms with van der Waals surface area (Å²) in [6, 6.07) is 0. The molecule has 1 aromatic heterocycles. The van der Waals surface area contributed by atoms with Gasteiger partial charge in [-0.1, -0.05) is 0 Å². The smallest absolute Gasteiger partial charge is 0.177 e. The van der Waals surface area contributed by atoms with Gasteiger partial charge in [-0.25, -0.2) is 4.39 Å². The van der Waals surface area contributed by atoms with E-state index in [2.05, 4.69) is 4.98 Å². The number of hydrogen-bond acceptors (Lipinski definition) is 1. The number of H-pyrrole nitrogens is 1. The molecule has 0 bridgehead atoms. The molecule has 0 saturated carbocycles. The molecule has 0 radical (unpaired) electrons. The van der Waals surface area contributed by atoms with Gasteiger partial charge < -0.3 is 9.55 Å². The first-order valence-electron chi connectivity index (χ1n) is 3.06. The lowest BCUT2D eigenvalue weighted by Gasteiger charge is -1.93. The summed E-state index contributed by atoms with van der Waals surface area (Å²) < 4.78 is 14.1. The number of nitrogens with zero attached hydrogens (tertiary/aromatic N) is 1. The average Bonchev–Trinajstić information content (AvgIpc) is 2.13. The zero-order valence-corrected chi connectivity index (χ0v) is 6.54. The summed E-state index contributed by atoms with van der Waals surface area (Å²) in [7, 11) is 0. The monoisotopic (exact) mass is 160 g/mol. The normalized spacial score (nSPS) is 10.2. The van der Waals surface area contributed by atoms with E-state index in [1.54, 1.807) is 4.57 Å². The van der Waals surface area contributed by atoms with Gasteiger partial charge in [0.1, 0.15) is 6.67 Å². The molecular formula is C6H9FN2S. The van der Waals surface area contributed by atoms with E-state index in [-0.39, 0.29) is 6.67 Å². The molecule has 1 aromatic rings. The lowest BCUT2D eigenvalue weighted by molar-refractivity contribution is 0.443. The minimum absolute atomic E-state index is 0.350. The first kappa shape index (κ1) is 7.47. The van der Waals surface area contributed by atoms with Crippen molar-refractivity contribution in [1.29, 1.82) is 0 Å². The minimum atomic E-state index is -0.369. The van der Waals surface area contributed by atoms with Crippen molar-refractivity contribution in [2.24, 2.45) is 0 Å². The van der Waals surface area contributed by atoms with Crippen LogP contribution < -0.4 is 0 Å². The minimum Gasteiger partial charge on any atom is -0.335 e. The maximum Gasteiger partial charge on any atom is 0.177 e. The standard InChI is InChI=1S/C6H9FN2S/c1-5-4-9(3-2-7)6(10)8-5/h4H,2-3H2,1H3,(H,8,10). The molecule has 4 heteroatoms. The molecule has 0 spiro atoms. The predicted octanol–water partition coefficient (Wildman–Crippen LogP) is 1.82. The van der Waals surface area contributed by atoms with Crippen LogP contribution >= 0.6 is 12.2 Å². The Labute approximate surface area is 63.7 Å². The highest BCUT2D eigenvalue weighted by molar-refractivity contribution is 7.71. The Morgan fingerprint density at radius 1 is 1.80 bits per heavy atom. The molecule has 56 valence electrons. The number of imidazole rings is 1. The van der Waals surface area contributed by atoms with Crippen molar-refractivity contribution in [2.45, 2.75) is 13.5 Å². The number of hydrogen-bond donors (Lipinski definition) is 1. The molecule has 1 N–H and O–H groups in total. The summed E-state index contributed by atoms with van der Waals surface area (Å²) >= 11 is 4.88. The molecule has 0 atom stereocenters. The average molecular weight is 160 g/mol. The third-order valence-electron chi connectivity index (χ3n) is 1.24. The van der Waals surface area contributed by atoms with Crippen molar-refractivity contribution in [3.05, 3.63) is 16.7 Å². The Kier molecular flexibility index (Phi) is 2.21. The number of aromatic amines is 1. The van der Waals surface area contributed by atoms with Gasteiger partial charge in [-0.15, -0.1) is 0 Å². The molecule has 0 aliphatic rings. The van der Waals surface area contributed by atoms with Crippen molar-refractivity contribution in [1.82, 2.24) is 9.55 Å². The fourth-order valence-corrected chi connectivity index (χ4v) is 1.13.